The fourth-order valence-electron chi connectivity index (χ4n) is 2.10. The van der Waals surface area contributed by atoms with Crippen molar-refractivity contribution in [2.45, 2.75) is 13.3 Å². The third-order valence-electron chi connectivity index (χ3n) is 3.31. The number of nitrogens with two attached hydrogens (primary N) is 1. The van der Waals surface area contributed by atoms with Gasteiger partial charge in [0.2, 0.25) is 0 Å². The lowest BCUT2D eigenvalue weighted by Gasteiger charge is -2.07. The highest BCUT2D eigenvalue weighted by atomic mass is 79.9. The quantitative estimate of drug-likeness (QED) is 0.741. The lowest BCUT2D eigenvalue weighted by molar-refractivity contribution is 0.791. The van der Waals surface area contributed by atoms with Crippen molar-refractivity contribution >= 4 is 21.6 Å². The number of aromatic nitrogens is 4. The van der Waals surface area contributed by atoms with Crippen LogP contribution in [0.5, 0.6) is 0 Å². The van der Waals surface area contributed by atoms with Crippen molar-refractivity contribution in [1.29, 1.82) is 0 Å². The van der Waals surface area contributed by atoms with Crippen LogP contribution in [-0.2, 0) is 6.42 Å². The minimum Gasteiger partial charge on any atom is -0.398 e. The molecule has 3 aromatic rings. The van der Waals surface area contributed by atoms with E-state index in [1.807, 2.05) is 30.3 Å². The van der Waals surface area contributed by atoms with Crippen LogP contribution >= 0.6 is 15.9 Å². The van der Waals surface area contributed by atoms with E-state index in [0.717, 1.165) is 22.1 Å². The van der Waals surface area contributed by atoms with Crippen molar-refractivity contribution < 1.29 is 0 Å². The zero-order valence-electron chi connectivity index (χ0n) is 11.5. The minimum atomic E-state index is 0.656. The fraction of sp³-hybridized carbons (Fsp3) is 0.133. The van der Waals surface area contributed by atoms with E-state index in [0.29, 0.717) is 11.5 Å². The van der Waals surface area contributed by atoms with Crippen molar-refractivity contribution in [3.05, 3.63) is 52.5 Å². The molecule has 2 aromatic carbocycles. The Bertz CT molecular complexity index is 764. The first-order valence-corrected chi connectivity index (χ1v) is 7.41. The number of rotatable bonds is 3. The maximum atomic E-state index is 5.93. The summed E-state index contributed by atoms with van der Waals surface area (Å²) in [4.78, 5) is 0. The summed E-state index contributed by atoms with van der Waals surface area (Å²) in [6.45, 7) is 2.13. The van der Waals surface area contributed by atoms with E-state index in [-0.39, 0.29) is 0 Å². The standard InChI is InChI=1S/C15H14BrN5/c1-2-10-3-6-12(7-4-10)21-15(18-19-20-21)11-5-8-13(16)14(17)9-11/h3-9H,2,17H2,1H3. The summed E-state index contributed by atoms with van der Waals surface area (Å²) in [6, 6.07) is 13.9. The number of benzene rings is 2. The molecule has 0 unspecified atom stereocenters. The molecule has 21 heavy (non-hydrogen) atoms. The Balaban J connectivity index is 2.05. The molecular formula is C15H14BrN5. The first kappa shape index (κ1) is 13.8. The molecule has 2 N–H and O–H groups in total. The Labute approximate surface area is 130 Å². The van der Waals surface area contributed by atoms with Gasteiger partial charge in [0.05, 0.1) is 5.69 Å². The predicted octanol–water partition coefficient (Wildman–Crippen LogP) is 3.24. The maximum absolute atomic E-state index is 5.93. The molecule has 6 heteroatoms. The zero-order valence-corrected chi connectivity index (χ0v) is 13.1. The van der Waals surface area contributed by atoms with Crippen LogP contribution in [0.4, 0.5) is 5.69 Å². The number of halogens is 1. The molecule has 0 fully saturated rings. The van der Waals surface area contributed by atoms with E-state index in [1.54, 1.807) is 4.68 Å². The van der Waals surface area contributed by atoms with Gasteiger partial charge in [0.25, 0.3) is 0 Å². The van der Waals surface area contributed by atoms with Crippen LogP contribution in [0.15, 0.2) is 46.9 Å². The highest BCUT2D eigenvalue weighted by Crippen LogP contribution is 2.26. The number of hydrogen-bond acceptors (Lipinski definition) is 4. The molecule has 0 atom stereocenters. The third kappa shape index (κ3) is 2.67. The average molecular weight is 344 g/mol. The Morgan fingerprint density at radius 2 is 1.90 bits per heavy atom. The number of anilines is 1. The van der Waals surface area contributed by atoms with Crippen LogP contribution in [0, 0.1) is 0 Å². The van der Waals surface area contributed by atoms with Gasteiger partial charge in [0.15, 0.2) is 5.82 Å². The van der Waals surface area contributed by atoms with Gasteiger partial charge in [0.1, 0.15) is 0 Å². The lowest BCUT2D eigenvalue weighted by Crippen LogP contribution is -2.00. The molecule has 0 aliphatic heterocycles. The SMILES string of the molecule is CCc1ccc(-n2nnnc2-c2ccc(Br)c(N)c2)cc1. The van der Waals surface area contributed by atoms with Crippen LogP contribution in [-0.4, -0.2) is 20.2 Å². The smallest absolute Gasteiger partial charge is 0.187 e. The molecule has 106 valence electrons. The Kier molecular flexibility index (Phi) is 3.70. The van der Waals surface area contributed by atoms with Crippen LogP contribution < -0.4 is 5.73 Å². The molecule has 0 aliphatic rings. The van der Waals surface area contributed by atoms with Gasteiger partial charge < -0.3 is 5.73 Å². The summed E-state index contributed by atoms with van der Waals surface area (Å²) in [7, 11) is 0. The van der Waals surface area contributed by atoms with Crippen molar-refractivity contribution in [1.82, 2.24) is 20.2 Å². The third-order valence-corrected chi connectivity index (χ3v) is 4.04. The van der Waals surface area contributed by atoms with Crippen LogP contribution in [0.2, 0.25) is 0 Å². The van der Waals surface area contributed by atoms with Gasteiger partial charge in [0, 0.05) is 15.7 Å². The van der Waals surface area contributed by atoms with Gasteiger partial charge in [-0.25, -0.2) is 0 Å². The van der Waals surface area contributed by atoms with Gasteiger partial charge in [-0.3, -0.25) is 0 Å². The number of nitrogens with zero attached hydrogens (tertiary/aromatic N) is 4. The summed E-state index contributed by atoms with van der Waals surface area (Å²) in [5, 5.41) is 12.0. The van der Waals surface area contributed by atoms with Crippen molar-refractivity contribution in [3.8, 4) is 17.1 Å². The van der Waals surface area contributed by atoms with E-state index >= 15 is 0 Å². The average Bonchev–Trinajstić information content (AvgIpc) is 2.99. The van der Waals surface area contributed by atoms with Crippen LogP contribution in [0.3, 0.4) is 0 Å². The molecule has 0 spiro atoms. The van der Waals surface area contributed by atoms with Gasteiger partial charge in [-0.05, 0) is 68.7 Å². The highest BCUT2D eigenvalue weighted by Gasteiger charge is 2.11. The fourth-order valence-corrected chi connectivity index (χ4v) is 2.34. The van der Waals surface area contributed by atoms with Crippen molar-refractivity contribution in [3.63, 3.8) is 0 Å². The molecule has 0 saturated heterocycles. The molecule has 1 heterocycles. The summed E-state index contributed by atoms with van der Waals surface area (Å²) < 4.78 is 2.57. The molecule has 3 rings (SSSR count). The minimum absolute atomic E-state index is 0.656. The van der Waals surface area contributed by atoms with Gasteiger partial charge in [-0.1, -0.05) is 19.1 Å². The molecule has 0 bridgehead atoms. The van der Waals surface area contributed by atoms with Gasteiger partial charge in [-0.15, -0.1) is 5.10 Å². The topological polar surface area (TPSA) is 69.6 Å². The Morgan fingerprint density at radius 1 is 1.14 bits per heavy atom. The second kappa shape index (κ2) is 5.65. The summed E-state index contributed by atoms with van der Waals surface area (Å²) in [5.74, 6) is 0.665. The lowest BCUT2D eigenvalue weighted by atomic mass is 10.1. The molecule has 0 radical (unpaired) electrons. The Hall–Kier alpha value is -2.21. The van der Waals surface area contributed by atoms with E-state index < -0.39 is 0 Å². The number of hydrogen-bond donors (Lipinski definition) is 1. The van der Waals surface area contributed by atoms with Crippen molar-refractivity contribution in [2.24, 2.45) is 0 Å². The second-order valence-electron chi connectivity index (χ2n) is 4.67. The normalized spacial score (nSPS) is 10.8. The highest BCUT2D eigenvalue weighted by molar-refractivity contribution is 9.10. The molecule has 5 nitrogen and oxygen atoms in total. The van der Waals surface area contributed by atoms with Gasteiger partial charge in [-0.2, -0.15) is 4.68 Å². The zero-order chi connectivity index (χ0) is 14.8. The molecule has 0 amide bonds. The van der Waals surface area contributed by atoms with E-state index in [4.69, 9.17) is 5.73 Å². The first-order chi connectivity index (χ1) is 10.2. The molecule has 0 aliphatic carbocycles. The Morgan fingerprint density at radius 3 is 2.57 bits per heavy atom. The van der Waals surface area contributed by atoms with Crippen LogP contribution in [0.25, 0.3) is 17.1 Å². The van der Waals surface area contributed by atoms with Crippen LogP contribution in [0.1, 0.15) is 12.5 Å². The molecular weight excluding hydrogens is 330 g/mol. The van der Waals surface area contributed by atoms with Gasteiger partial charge >= 0.3 is 0 Å². The maximum Gasteiger partial charge on any atom is 0.187 e. The largest absolute Gasteiger partial charge is 0.398 e. The first-order valence-electron chi connectivity index (χ1n) is 6.62. The number of nitrogen functional groups attached to an aromatic ring is 1. The predicted molar refractivity (Wildman–Crippen MR) is 86.1 cm³/mol. The molecule has 0 saturated carbocycles. The summed E-state index contributed by atoms with van der Waals surface area (Å²) in [6.07, 6.45) is 1.01. The van der Waals surface area contributed by atoms with E-state index in [9.17, 15) is 0 Å². The summed E-state index contributed by atoms with van der Waals surface area (Å²) >= 11 is 3.39. The number of aryl methyl sites for hydroxylation is 1. The molecule has 1 aromatic heterocycles. The second-order valence-corrected chi connectivity index (χ2v) is 5.52. The van der Waals surface area contributed by atoms with E-state index in [2.05, 4.69) is 50.5 Å². The summed E-state index contributed by atoms with van der Waals surface area (Å²) in [5.41, 5.74) is 9.66. The number of tetrazole rings is 1. The van der Waals surface area contributed by atoms with E-state index in [1.165, 1.54) is 5.56 Å². The van der Waals surface area contributed by atoms with Crippen molar-refractivity contribution in [2.75, 3.05) is 5.73 Å². The monoisotopic (exact) mass is 343 g/mol.